The van der Waals surface area contributed by atoms with Gasteiger partial charge in [-0.2, -0.15) is 0 Å². The van der Waals surface area contributed by atoms with Crippen LogP contribution in [0.2, 0.25) is 0 Å². The molecule has 2 aliphatic rings. The molecule has 1 saturated carbocycles. The zero-order chi connectivity index (χ0) is 13.1. The van der Waals surface area contributed by atoms with Crippen LogP contribution in [0.4, 0.5) is 0 Å². The molecule has 0 radical (unpaired) electrons. The highest BCUT2D eigenvalue weighted by Gasteiger charge is 2.40. The Bertz CT molecular complexity index is 286. The van der Waals surface area contributed by atoms with Crippen molar-refractivity contribution < 1.29 is 4.79 Å². The van der Waals surface area contributed by atoms with Crippen molar-refractivity contribution in [3.63, 3.8) is 0 Å². The molecular formula is C15H28N2O. The molecule has 0 aromatic heterocycles. The molecule has 2 atom stereocenters. The minimum Gasteiger partial charge on any atom is -0.325 e. The van der Waals surface area contributed by atoms with E-state index in [0.29, 0.717) is 11.8 Å². The Morgan fingerprint density at radius 2 is 2.11 bits per heavy atom. The molecule has 1 N–H and O–H groups in total. The minimum atomic E-state index is 0.0810. The van der Waals surface area contributed by atoms with Gasteiger partial charge in [0.25, 0.3) is 0 Å². The van der Waals surface area contributed by atoms with E-state index in [0.717, 1.165) is 25.3 Å². The fraction of sp³-hybridized carbons (Fsp3) is 0.933. The van der Waals surface area contributed by atoms with Gasteiger partial charge in [0, 0.05) is 6.54 Å². The van der Waals surface area contributed by atoms with Crippen LogP contribution in [0, 0.1) is 11.8 Å². The summed E-state index contributed by atoms with van der Waals surface area (Å²) in [5, 5.41) is 3.55. The molecule has 104 valence electrons. The van der Waals surface area contributed by atoms with E-state index in [-0.39, 0.29) is 12.2 Å². The van der Waals surface area contributed by atoms with Crippen molar-refractivity contribution >= 4 is 5.91 Å². The molecule has 3 nitrogen and oxygen atoms in total. The van der Waals surface area contributed by atoms with Crippen molar-refractivity contribution in [3.8, 4) is 0 Å². The quantitative estimate of drug-likeness (QED) is 0.788. The molecule has 1 amide bonds. The predicted molar refractivity (Wildman–Crippen MR) is 74.1 cm³/mol. The van der Waals surface area contributed by atoms with Gasteiger partial charge < -0.3 is 4.90 Å². The molecule has 2 rings (SSSR count). The minimum absolute atomic E-state index is 0.0810. The Hall–Kier alpha value is -0.570. The van der Waals surface area contributed by atoms with Crippen LogP contribution in [0.25, 0.3) is 0 Å². The first-order valence-corrected chi connectivity index (χ1v) is 7.70. The highest BCUT2D eigenvalue weighted by Crippen LogP contribution is 2.30. The molecular weight excluding hydrogens is 224 g/mol. The molecule has 18 heavy (non-hydrogen) atoms. The summed E-state index contributed by atoms with van der Waals surface area (Å²) in [5.41, 5.74) is 0. The highest BCUT2D eigenvalue weighted by atomic mass is 16.2. The van der Waals surface area contributed by atoms with Gasteiger partial charge in [-0.05, 0) is 31.1 Å². The number of unbranched alkanes of at least 4 members (excludes halogenated alkanes) is 1. The van der Waals surface area contributed by atoms with E-state index < -0.39 is 0 Å². The van der Waals surface area contributed by atoms with Crippen molar-refractivity contribution in [1.29, 1.82) is 0 Å². The Morgan fingerprint density at radius 1 is 1.39 bits per heavy atom. The molecule has 1 heterocycles. The van der Waals surface area contributed by atoms with Gasteiger partial charge in [-0.1, -0.05) is 40.0 Å². The molecule has 2 fully saturated rings. The summed E-state index contributed by atoms with van der Waals surface area (Å²) in [7, 11) is 0. The Labute approximate surface area is 111 Å². The molecule has 0 aromatic carbocycles. The van der Waals surface area contributed by atoms with Crippen LogP contribution in [0.5, 0.6) is 0 Å². The van der Waals surface area contributed by atoms with Crippen LogP contribution in [0.15, 0.2) is 0 Å². The number of hydrogen-bond acceptors (Lipinski definition) is 2. The van der Waals surface area contributed by atoms with E-state index in [1.165, 1.54) is 25.7 Å². The molecule has 1 saturated heterocycles. The van der Waals surface area contributed by atoms with Crippen LogP contribution >= 0.6 is 0 Å². The van der Waals surface area contributed by atoms with E-state index in [1.807, 2.05) is 0 Å². The second-order valence-corrected chi connectivity index (χ2v) is 6.34. The Balaban J connectivity index is 1.96. The molecule has 1 aliphatic heterocycles. The van der Waals surface area contributed by atoms with Gasteiger partial charge in [0.05, 0.1) is 12.2 Å². The molecule has 0 spiro atoms. The highest BCUT2D eigenvalue weighted by molar-refractivity contribution is 5.84. The topological polar surface area (TPSA) is 32.3 Å². The zero-order valence-electron chi connectivity index (χ0n) is 12.1. The van der Waals surface area contributed by atoms with Gasteiger partial charge in [-0.25, -0.2) is 0 Å². The summed E-state index contributed by atoms with van der Waals surface area (Å²) in [6.07, 6.45) is 7.56. The number of amides is 1. The fourth-order valence-electron chi connectivity index (χ4n) is 3.03. The fourth-order valence-corrected chi connectivity index (χ4v) is 3.03. The molecule has 0 bridgehead atoms. The lowest BCUT2D eigenvalue weighted by atomic mass is 9.85. The third kappa shape index (κ3) is 2.87. The summed E-state index contributed by atoms with van der Waals surface area (Å²) in [6.45, 7) is 7.59. The van der Waals surface area contributed by atoms with Gasteiger partial charge in [0.2, 0.25) is 5.91 Å². The zero-order valence-corrected chi connectivity index (χ0v) is 12.1. The molecule has 3 heteroatoms. The van der Waals surface area contributed by atoms with Crippen LogP contribution in [0.3, 0.4) is 0 Å². The SMILES string of the molecule is CCCCC1NC(C(C)C)N(CC2CCC2)C1=O. The monoisotopic (exact) mass is 252 g/mol. The number of rotatable bonds is 6. The van der Waals surface area contributed by atoms with Gasteiger partial charge in [-0.15, -0.1) is 0 Å². The largest absolute Gasteiger partial charge is 0.325 e. The number of nitrogens with zero attached hydrogens (tertiary/aromatic N) is 1. The summed E-state index contributed by atoms with van der Waals surface area (Å²) in [4.78, 5) is 14.6. The van der Waals surface area contributed by atoms with E-state index in [9.17, 15) is 4.79 Å². The van der Waals surface area contributed by atoms with Crippen molar-refractivity contribution in [1.82, 2.24) is 10.2 Å². The van der Waals surface area contributed by atoms with E-state index in [4.69, 9.17) is 0 Å². The molecule has 2 unspecified atom stereocenters. The van der Waals surface area contributed by atoms with Gasteiger partial charge >= 0.3 is 0 Å². The molecule has 0 aromatic rings. The van der Waals surface area contributed by atoms with Crippen molar-refractivity contribution in [3.05, 3.63) is 0 Å². The normalized spacial score (nSPS) is 29.1. The van der Waals surface area contributed by atoms with Crippen molar-refractivity contribution in [2.24, 2.45) is 11.8 Å². The van der Waals surface area contributed by atoms with Crippen molar-refractivity contribution in [2.45, 2.75) is 71.5 Å². The average molecular weight is 252 g/mol. The standard InChI is InChI=1S/C15H28N2O/c1-4-5-9-13-15(18)17(10-12-7-6-8-12)14(16-13)11(2)3/h11-14,16H,4-10H2,1-3H3. The summed E-state index contributed by atoms with van der Waals surface area (Å²) >= 11 is 0. The van der Waals surface area contributed by atoms with E-state index in [2.05, 4.69) is 31.0 Å². The second-order valence-electron chi connectivity index (χ2n) is 6.34. The Kier molecular flexibility index (Phi) is 4.66. The maximum Gasteiger partial charge on any atom is 0.241 e. The predicted octanol–water partition coefficient (Wildman–Crippen LogP) is 2.76. The maximum absolute atomic E-state index is 12.5. The Morgan fingerprint density at radius 3 is 2.61 bits per heavy atom. The van der Waals surface area contributed by atoms with E-state index >= 15 is 0 Å². The summed E-state index contributed by atoms with van der Waals surface area (Å²) in [6, 6.07) is 0.0810. The lowest BCUT2D eigenvalue weighted by Gasteiger charge is -2.34. The first kappa shape index (κ1) is 13.9. The second kappa shape index (κ2) is 6.05. The summed E-state index contributed by atoms with van der Waals surface area (Å²) in [5.74, 6) is 1.62. The first-order valence-electron chi connectivity index (χ1n) is 7.70. The smallest absolute Gasteiger partial charge is 0.241 e. The van der Waals surface area contributed by atoms with Crippen LogP contribution in [-0.4, -0.2) is 29.6 Å². The lowest BCUT2D eigenvalue weighted by Crippen LogP contribution is -2.44. The molecule has 1 aliphatic carbocycles. The van der Waals surface area contributed by atoms with Crippen LogP contribution < -0.4 is 5.32 Å². The number of hydrogen-bond donors (Lipinski definition) is 1. The maximum atomic E-state index is 12.5. The third-order valence-electron chi connectivity index (χ3n) is 4.45. The van der Waals surface area contributed by atoms with Crippen LogP contribution in [-0.2, 0) is 4.79 Å². The number of nitrogens with one attached hydrogen (secondary N) is 1. The van der Waals surface area contributed by atoms with Crippen LogP contribution in [0.1, 0.15) is 59.3 Å². The van der Waals surface area contributed by atoms with Gasteiger partial charge in [0.1, 0.15) is 0 Å². The van der Waals surface area contributed by atoms with Gasteiger partial charge in [0.15, 0.2) is 0 Å². The first-order chi connectivity index (χ1) is 8.63. The third-order valence-corrected chi connectivity index (χ3v) is 4.45. The lowest BCUT2D eigenvalue weighted by molar-refractivity contribution is -0.131. The number of carbonyl (C=O) groups excluding carboxylic acids is 1. The number of carbonyl (C=O) groups is 1. The van der Waals surface area contributed by atoms with Crippen molar-refractivity contribution in [2.75, 3.05) is 6.54 Å². The van der Waals surface area contributed by atoms with E-state index in [1.54, 1.807) is 0 Å². The van der Waals surface area contributed by atoms with Gasteiger partial charge in [-0.3, -0.25) is 10.1 Å². The summed E-state index contributed by atoms with van der Waals surface area (Å²) < 4.78 is 0. The average Bonchev–Trinajstić information content (AvgIpc) is 2.58.